The molecular formula is C68H44. The summed E-state index contributed by atoms with van der Waals surface area (Å²) in [4.78, 5) is 0. The van der Waals surface area contributed by atoms with E-state index < -0.39 is 5.41 Å². The Balaban J connectivity index is 0.983. The number of fused-ring (bicyclic) bond motifs is 19. The zero-order valence-electron chi connectivity index (χ0n) is 37.9. The van der Waals surface area contributed by atoms with Gasteiger partial charge in [-0.1, -0.05) is 226 Å². The van der Waals surface area contributed by atoms with E-state index in [9.17, 15) is 0 Å². The summed E-state index contributed by atoms with van der Waals surface area (Å²) >= 11 is 0. The van der Waals surface area contributed by atoms with Gasteiger partial charge in [-0.15, -0.1) is 0 Å². The predicted octanol–water partition coefficient (Wildman–Crippen LogP) is 18.0. The minimum absolute atomic E-state index is 0.0869. The van der Waals surface area contributed by atoms with Crippen molar-refractivity contribution in [2.45, 2.75) is 24.7 Å². The third-order valence-electron chi connectivity index (χ3n) is 16.2. The molecule has 316 valence electrons. The molecule has 0 N–H and O–H groups in total. The van der Waals surface area contributed by atoms with E-state index in [1.165, 1.54) is 143 Å². The van der Waals surface area contributed by atoms with Crippen LogP contribution in [0.1, 0.15) is 47.2 Å². The summed E-state index contributed by atoms with van der Waals surface area (Å²) < 4.78 is 0. The third kappa shape index (κ3) is 4.79. The Kier molecular flexibility index (Phi) is 7.59. The molecular weight excluding hydrogens is 817 g/mol. The van der Waals surface area contributed by atoms with Crippen LogP contribution in [-0.2, 0) is 10.8 Å². The lowest BCUT2D eigenvalue weighted by atomic mass is 9.70. The van der Waals surface area contributed by atoms with E-state index in [2.05, 4.69) is 244 Å². The van der Waals surface area contributed by atoms with Gasteiger partial charge in [0.1, 0.15) is 0 Å². The van der Waals surface area contributed by atoms with Crippen LogP contribution in [0.15, 0.2) is 231 Å². The van der Waals surface area contributed by atoms with Crippen LogP contribution >= 0.6 is 0 Å². The average Bonchev–Trinajstić information content (AvgIpc) is 3.96. The highest BCUT2D eigenvalue weighted by molar-refractivity contribution is 6.22. The van der Waals surface area contributed by atoms with Crippen LogP contribution in [0.4, 0.5) is 0 Å². The summed E-state index contributed by atoms with van der Waals surface area (Å²) in [5, 5.41) is 10.2. The fourth-order valence-corrected chi connectivity index (χ4v) is 13.4. The van der Waals surface area contributed by atoms with Crippen LogP contribution in [0.3, 0.4) is 0 Å². The molecule has 3 aliphatic rings. The van der Waals surface area contributed by atoms with Crippen LogP contribution in [0, 0.1) is 0 Å². The molecule has 0 saturated heterocycles. The summed E-state index contributed by atoms with van der Waals surface area (Å²) in [7, 11) is 0. The second-order valence-electron chi connectivity index (χ2n) is 19.8. The van der Waals surface area contributed by atoms with Crippen LogP contribution in [0.25, 0.3) is 110 Å². The van der Waals surface area contributed by atoms with Gasteiger partial charge < -0.3 is 0 Å². The number of rotatable bonds is 3. The van der Waals surface area contributed by atoms with Crippen LogP contribution in [0.5, 0.6) is 0 Å². The molecule has 0 aliphatic heterocycles. The van der Waals surface area contributed by atoms with Crippen molar-refractivity contribution in [3.8, 4) is 66.8 Å². The van der Waals surface area contributed by atoms with E-state index in [1.807, 2.05) is 0 Å². The molecule has 0 atom stereocenters. The molecule has 68 heavy (non-hydrogen) atoms. The molecule has 0 heterocycles. The van der Waals surface area contributed by atoms with Gasteiger partial charge in [-0.3, -0.25) is 0 Å². The molecule has 0 radical (unpaired) electrons. The van der Waals surface area contributed by atoms with Crippen molar-refractivity contribution in [1.82, 2.24) is 0 Å². The van der Waals surface area contributed by atoms with E-state index in [4.69, 9.17) is 0 Å². The largest absolute Gasteiger partial charge is 0.0726 e. The second kappa shape index (κ2) is 13.6. The molecule has 0 amide bonds. The van der Waals surface area contributed by atoms with Gasteiger partial charge in [-0.25, -0.2) is 0 Å². The fourth-order valence-electron chi connectivity index (χ4n) is 13.4. The van der Waals surface area contributed by atoms with Gasteiger partial charge in [0.05, 0.1) is 5.41 Å². The highest BCUT2D eigenvalue weighted by Crippen LogP contribution is 2.65. The maximum Gasteiger partial charge on any atom is 0.0726 e. The molecule has 0 fully saturated rings. The second-order valence-corrected chi connectivity index (χ2v) is 19.8. The summed E-state index contributed by atoms with van der Waals surface area (Å²) in [5.41, 5.74) is 23.3. The quantitative estimate of drug-likeness (QED) is 0.155. The Hall–Kier alpha value is -8.32. The molecule has 0 unspecified atom stereocenters. The van der Waals surface area contributed by atoms with Crippen molar-refractivity contribution in [3.63, 3.8) is 0 Å². The van der Waals surface area contributed by atoms with Gasteiger partial charge in [-0.05, 0) is 161 Å². The van der Waals surface area contributed by atoms with Crippen molar-refractivity contribution in [2.24, 2.45) is 0 Å². The summed E-state index contributed by atoms with van der Waals surface area (Å²) in [5.74, 6) is 0. The Morgan fingerprint density at radius 2 is 0.691 bits per heavy atom. The van der Waals surface area contributed by atoms with Crippen LogP contribution in [0.2, 0.25) is 0 Å². The summed E-state index contributed by atoms with van der Waals surface area (Å²) in [6.45, 7) is 4.76. The zero-order chi connectivity index (χ0) is 44.9. The monoisotopic (exact) mass is 860 g/mol. The topological polar surface area (TPSA) is 0 Å². The van der Waals surface area contributed by atoms with E-state index in [0.717, 1.165) is 0 Å². The van der Waals surface area contributed by atoms with Gasteiger partial charge in [0, 0.05) is 5.41 Å². The van der Waals surface area contributed by atoms with Gasteiger partial charge in [-0.2, -0.15) is 0 Å². The number of hydrogen-bond donors (Lipinski definition) is 0. The Morgan fingerprint density at radius 1 is 0.235 bits per heavy atom. The summed E-state index contributed by atoms with van der Waals surface area (Å²) in [6, 6.07) is 87.6. The molecule has 1 spiro atoms. The number of benzene rings is 12. The predicted molar refractivity (Wildman–Crippen MR) is 287 cm³/mol. The number of hydrogen-bond acceptors (Lipinski definition) is 0. The lowest BCUT2D eigenvalue weighted by molar-refractivity contribution is 0.660. The first-order valence-corrected chi connectivity index (χ1v) is 24.1. The SMILES string of the molecule is CC1(C)c2ccccc2-c2ccc(-c3c4ccccc4c(-c4cccc(-c5cc6c(c7ccccc57)-c5c(ccc7ccccc57)C65c6ccccc6-c6ccccc65)c4)c4ccccc34)cc21. The van der Waals surface area contributed by atoms with Gasteiger partial charge >= 0.3 is 0 Å². The van der Waals surface area contributed by atoms with Gasteiger partial charge in [0.2, 0.25) is 0 Å². The third-order valence-corrected chi connectivity index (χ3v) is 16.2. The lowest BCUT2D eigenvalue weighted by Gasteiger charge is -2.31. The Bertz CT molecular complexity index is 4080. The fraction of sp³-hybridized carbons (Fsp3) is 0.0588. The van der Waals surface area contributed by atoms with Crippen molar-refractivity contribution in [3.05, 3.63) is 264 Å². The van der Waals surface area contributed by atoms with E-state index in [1.54, 1.807) is 0 Å². The first kappa shape index (κ1) is 37.9. The van der Waals surface area contributed by atoms with Gasteiger partial charge in [0.25, 0.3) is 0 Å². The first-order valence-electron chi connectivity index (χ1n) is 24.1. The maximum atomic E-state index is 2.58. The molecule has 0 heteroatoms. The molecule has 0 bridgehead atoms. The highest BCUT2D eigenvalue weighted by Gasteiger charge is 2.52. The van der Waals surface area contributed by atoms with E-state index >= 15 is 0 Å². The normalized spacial score (nSPS) is 14.3. The Labute approximate surface area is 396 Å². The lowest BCUT2D eigenvalue weighted by Crippen LogP contribution is -2.26. The molecule has 15 rings (SSSR count). The Morgan fingerprint density at radius 3 is 1.32 bits per heavy atom. The highest BCUT2D eigenvalue weighted by atomic mass is 14.5. The first-order chi connectivity index (χ1) is 33.5. The molecule has 0 saturated carbocycles. The van der Waals surface area contributed by atoms with E-state index in [-0.39, 0.29) is 5.41 Å². The van der Waals surface area contributed by atoms with Crippen LogP contribution < -0.4 is 0 Å². The smallest absolute Gasteiger partial charge is 0.0619 e. The standard InChI is InChI=1S/C68H44/c1-67(2)57-31-14-11-23-47(57)50-36-34-44(39-61(50)67)64-54-29-9-7-27-52(54)63(53-28-8-10-30-55(53)64)43-20-17-19-42(38-43)56-40-62-66(51-26-6-5-22-46(51)56)65-45-21-4-3-18-41(45)35-37-60(65)68(62)58-32-15-12-24-48(58)49-25-13-16-33-59(49)68/h3-40H,1-2H3. The van der Waals surface area contributed by atoms with Gasteiger partial charge in [0.15, 0.2) is 0 Å². The summed E-state index contributed by atoms with van der Waals surface area (Å²) in [6.07, 6.45) is 0. The molecule has 0 nitrogen and oxygen atoms in total. The average molecular weight is 861 g/mol. The maximum absolute atomic E-state index is 2.58. The molecule has 12 aromatic carbocycles. The zero-order valence-corrected chi connectivity index (χ0v) is 37.9. The van der Waals surface area contributed by atoms with E-state index in [0.29, 0.717) is 0 Å². The minimum Gasteiger partial charge on any atom is -0.0619 e. The van der Waals surface area contributed by atoms with Crippen LogP contribution in [-0.4, -0.2) is 0 Å². The van der Waals surface area contributed by atoms with Crippen molar-refractivity contribution in [2.75, 3.05) is 0 Å². The van der Waals surface area contributed by atoms with Crippen molar-refractivity contribution >= 4 is 43.1 Å². The molecule has 0 aromatic heterocycles. The van der Waals surface area contributed by atoms with Crippen molar-refractivity contribution in [1.29, 1.82) is 0 Å². The van der Waals surface area contributed by atoms with Crippen molar-refractivity contribution < 1.29 is 0 Å². The minimum atomic E-state index is -0.476. The molecule has 3 aliphatic carbocycles. The molecule has 12 aromatic rings.